The molecule has 1 aromatic rings. The minimum atomic E-state index is -0.637. The van der Waals surface area contributed by atoms with Crippen LogP contribution < -0.4 is 11.2 Å². The highest BCUT2D eigenvalue weighted by Gasteiger charge is 2.01. The minimum absolute atomic E-state index is 0.0994. The van der Waals surface area contributed by atoms with E-state index >= 15 is 0 Å². The third-order valence-electron chi connectivity index (χ3n) is 1.98. The Balaban J connectivity index is 2.64. The quantitative estimate of drug-likeness (QED) is 0.281. The fraction of sp³-hybridized carbons (Fsp3) is 0.0833. The van der Waals surface area contributed by atoms with E-state index < -0.39 is 11.9 Å². The van der Waals surface area contributed by atoms with Gasteiger partial charge in [-0.25, -0.2) is 10.2 Å². The summed E-state index contributed by atoms with van der Waals surface area (Å²) in [5.41, 5.74) is 8.40. The summed E-state index contributed by atoms with van der Waals surface area (Å²) in [6.45, 7) is 0. The van der Waals surface area contributed by atoms with Gasteiger partial charge in [0, 0.05) is 22.7 Å². The Bertz CT molecular complexity index is 541. The van der Waals surface area contributed by atoms with Crippen molar-refractivity contribution >= 4 is 29.3 Å². The number of amidine groups is 1. The highest BCUT2D eigenvalue weighted by molar-refractivity contribution is 6.31. The van der Waals surface area contributed by atoms with E-state index in [1.807, 2.05) is 0 Å². The van der Waals surface area contributed by atoms with E-state index in [0.29, 0.717) is 10.6 Å². The van der Waals surface area contributed by atoms with Crippen molar-refractivity contribution in [2.45, 2.75) is 0 Å². The highest BCUT2D eigenvalue weighted by Crippen LogP contribution is 2.09. The van der Waals surface area contributed by atoms with E-state index in [1.54, 1.807) is 24.3 Å². The van der Waals surface area contributed by atoms with Crippen molar-refractivity contribution in [1.29, 1.82) is 0 Å². The summed E-state index contributed by atoms with van der Waals surface area (Å²) in [7, 11) is 1.21. The molecule has 6 nitrogen and oxygen atoms in total. The van der Waals surface area contributed by atoms with Gasteiger partial charge in [0.05, 0.1) is 7.11 Å². The van der Waals surface area contributed by atoms with E-state index in [1.165, 1.54) is 7.11 Å². The van der Waals surface area contributed by atoms with Gasteiger partial charge in [-0.15, -0.1) is 0 Å². The molecule has 100 valence electrons. The van der Waals surface area contributed by atoms with Gasteiger partial charge in [-0.3, -0.25) is 4.79 Å². The van der Waals surface area contributed by atoms with E-state index in [0.717, 1.165) is 12.2 Å². The molecule has 0 aromatic heterocycles. The molecule has 3 N–H and O–H groups in total. The Hall–Kier alpha value is -2.34. The fourth-order valence-corrected chi connectivity index (χ4v) is 1.27. The summed E-state index contributed by atoms with van der Waals surface area (Å²) >= 11 is 5.79. The number of benzene rings is 1. The van der Waals surface area contributed by atoms with Crippen molar-refractivity contribution in [2.24, 2.45) is 10.8 Å². The largest absolute Gasteiger partial charge is 0.466 e. The molecule has 1 amide bonds. The number of hydrogen-bond donors (Lipinski definition) is 2. The normalized spacial score (nSPS) is 11.4. The highest BCUT2D eigenvalue weighted by atomic mass is 35.5. The number of rotatable bonds is 4. The smallest absolute Gasteiger partial charge is 0.330 e. The van der Waals surface area contributed by atoms with Gasteiger partial charge in [-0.05, 0) is 12.1 Å². The number of nitrogens with one attached hydrogen (secondary N) is 1. The summed E-state index contributed by atoms with van der Waals surface area (Å²) in [4.78, 5) is 22.0. The molecule has 0 spiro atoms. The molecule has 0 aliphatic carbocycles. The average Bonchev–Trinajstić information content (AvgIpc) is 2.41. The number of esters is 1. The molecule has 0 fully saturated rings. The van der Waals surface area contributed by atoms with Crippen molar-refractivity contribution in [1.82, 2.24) is 5.43 Å². The third kappa shape index (κ3) is 5.22. The van der Waals surface area contributed by atoms with E-state index in [9.17, 15) is 9.59 Å². The molecule has 1 rings (SSSR count). The number of carbonyl (C=O) groups is 2. The van der Waals surface area contributed by atoms with Gasteiger partial charge in [0.2, 0.25) is 0 Å². The first-order valence-corrected chi connectivity index (χ1v) is 5.56. The van der Waals surface area contributed by atoms with Crippen LogP contribution in [0.4, 0.5) is 0 Å². The molecule has 19 heavy (non-hydrogen) atoms. The van der Waals surface area contributed by atoms with Crippen LogP contribution in [0.15, 0.2) is 41.5 Å². The Morgan fingerprint density at radius 2 is 2.16 bits per heavy atom. The first kappa shape index (κ1) is 14.7. The van der Waals surface area contributed by atoms with Crippen LogP contribution in [-0.4, -0.2) is 24.8 Å². The van der Waals surface area contributed by atoms with Crippen molar-refractivity contribution in [3.05, 3.63) is 47.0 Å². The maximum atomic E-state index is 11.3. The summed E-state index contributed by atoms with van der Waals surface area (Å²) in [6.07, 6.45) is 1.96. The Labute approximate surface area is 114 Å². The molecule has 0 heterocycles. The lowest BCUT2D eigenvalue weighted by Gasteiger charge is -2.01. The molecule has 0 saturated carbocycles. The molecule has 0 unspecified atom stereocenters. The summed E-state index contributed by atoms with van der Waals surface area (Å²) in [5.74, 6) is -1.14. The lowest BCUT2D eigenvalue weighted by atomic mass is 10.2. The van der Waals surface area contributed by atoms with Crippen LogP contribution in [-0.2, 0) is 14.3 Å². The second-order valence-corrected chi connectivity index (χ2v) is 3.78. The number of nitrogens with zero attached hydrogens (tertiary/aromatic N) is 1. The third-order valence-corrected chi connectivity index (χ3v) is 2.21. The zero-order valence-corrected chi connectivity index (χ0v) is 10.8. The molecule has 0 atom stereocenters. The standard InChI is InChI=1S/C12H12ClN3O3/c1-19-11(18)6-5-10(17)15-16-12(14)8-3-2-4-9(13)7-8/h2-7H,1H3,(H2,14,16)(H,15,17)/b6-5-. The van der Waals surface area contributed by atoms with Crippen molar-refractivity contribution in [3.8, 4) is 0 Å². The van der Waals surface area contributed by atoms with Gasteiger partial charge < -0.3 is 10.5 Å². The SMILES string of the molecule is COC(=O)/C=C\C(=O)NN=C(N)c1cccc(Cl)c1. The number of methoxy groups -OCH3 is 1. The van der Waals surface area contributed by atoms with Crippen molar-refractivity contribution < 1.29 is 14.3 Å². The Morgan fingerprint density at radius 3 is 2.79 bits per heavy atom. The van der Waals surface area contributed by atoms with Crippen LogP contribution in [0.5, 0.6) is 0 Å². The van der Waals surface area contributed by atoms with Crippen molar-refractivity contribution in [2.75, 3.05) is 7.11 Å². The van der Waals surface area contributed by atoms with Gasteiger partial charge >= 0.3 is 5.97 Å². The van der Waals surface area contributed by atoms with Crippen LogP contribution in [0.3, 0.4) is 0 Å². The number of amides is 1. The molecule has 0 aliphatic rings. The van der Waals surface area contributed by atoms with E-state index in [2.05, 4.69) is 15.3 Å². The van der Waals surface area contributed by atoms with Gasteiger partial charge in [0.1, 0.15) is 0 Å². The van der Waals surface area contributed by atoms with Crippen molar-refractivity contribution in [3.63, 3.8) is 0 Å². The van der Waals surface area contributed by atoms with E-state index in [-0.39, 0.29) is 5.84 Å². The monoisotopic (exact) mass is 281 g/mol. The molecule has 7 heteroatoms. The number of hydrazone groups is 1. The average molecular weight is 282 g/mol. The lowest BCUT2D eigenvalue weighted by Crippen LogP contribution is -2.22. The second-order valence-electron chi connectivity index (χ2n) is 3.34. The Morgan fingerprint density at radius 1 is 1.42 bits per heavy atom. The Kier molecular flexibility index (Phi) is 5.56. The van der Waals surface area contributed by atoms with Gasteiger partial charge in [-0.1, -0.05) is 23.7 Å². The predicted octanol–water partition coefficient (Wildman–Crippen LogP) is 0.806. The van der Waals surface area contributed by atoms with Gasteiger partial charge in [-0.2, -0.15) is 5.10 Å². The lowest BCUT2D eigenvalue weighted by molar-refractivity contribution is -0.135. The zero-order chi connectivity index (χ0) is 14.3. The van der Waals surface area contributed by atoms with Crippen LogP contribution in [0.1, 0.15) is 5.56 Å². The first-order valence-electron chi connectivity index (χ1n) is 5.18. The van der Waals surface area contributed by atoms with Crippen LogP contribution in [0.25, 0.3) is 0 Å². The number of hydrogen-bond acceptors (Lipinski definition) is 4. The number of halogens is 1. The van der Waals surface area contributed by atoms with Crippen LogP contribution >= 0.6 is 11.6 Å². The fourth-order valence-electron chi connectivity index (χ4n) is 1.08. The maximum absolute atomic E-state index is 11.3. The number of ether oxygens (including phenoxy) is 1. The molecular weight excluding hydrogens is 270 g/mol. The van der Waals surface area contributed by atoms with Crippen LogP contribution in [0, 0.1) is 0 Å². The first-order chi connectivity index (χ1) is 9.02. The molecule has 0 aliphatic heterocycles. The second kappa shape index (κ2) is 7.17. The summed E-state index contributed by atoms with van der Waals surface area (Å²) < 4.78 is 4.33. The zero-order valence-electron chi connectivity index (χ0n) is 10.1. The molecule has 0 saturated heterocycles. The predicted molar refractivity (Wildman–Crippen MR) is 71.5 cm³/mol. The van der Waals surface area contributed by atoms with Gasteiger partial charge in [0.15, 0.2) is 5.84 Å². The molecule has 0 radical (unpaired) electrons. The molecule has 0 bridgehead atoms. The maximum Gasteiger partial charge on any atom is 0.330 e. The number of nitrogens with two attached hydrogens (primary N) is 1. The minimum Gasteiger partial charge on any atom is -0.466 e. The summed E-state index contributed by atoms with van der Waals surface area (Å²) in [6, 6.07) is 6.70. The topological polar surface area (TPSA) is 93.8 Å². The molecular formula is C12H12ClN3O3. The molecule has 1 aromatic carbocycles. The summed E-state index contributed by atoms with van der Waals surface area (Å²) in [5, 5.41) is 4.18. The number of carbonyl (C=O) groups excluding carboxylic acids is 2. The van der Waals surface area contributed by atoms with E-state index in [4.69, 9.17) is 17.3 Å². The van der Waals surface area contributed by atoms with Gasteiger partial charge in [0.25, 0.3) is 5.91 Å². The van der Waals surface area contributed by atoms with Crippen LogP contribution in [0.2, 0.25) is 5.02 Å².